The third-order valence-electron chi connectivity index (χ3n) is 3.85. The fourth-order valence-corrected chi connectivity index (χ4v) is 2.81. The van der Waals surface area contributed by atoms with Crippen molar-refractivity contribution >= 4 is 34.9 Å². The zero-order valence-corrected chi connectivity index (χ0v) is 12.9. The topological polar surface area (TPSA) is 83.5 Å². The molecule has 7 heteroatoms. The van der Waals surface area contributed by atoms with Gasteiger partial charge in [-0.1, -0.05) is 17.7 Å². The molecule has 0 saturated carbocycles. The number of ketones is 1. The van der Waals surface area contributed by atoms with Crippen molar-refractivity contribution in [1.82, 2.24) is 0 Å². The van der Waals surface area contributed by atoms with Crippen LogP contribution in [0.25, 0.3) is 0 Å². The fourth-order valence-electron chi connectivity index (χ4n) is 2.60. The largest absolute Gasteiger partial charge is 0.478 e. The van der Waals surface area contributed by atoms with E-state index in [1.54, 1.807) is 0 Å². The van der Waals surface area contributed by atoms with E-state index < -0.39 is 29.4 Å². The molecule has 0 saturated heterocycles. The number of benzene rings is 2. The highest BCUT2D eigenvalue weighted by molar-refractivity contribution is 6.30. The lowest BCUT2D eigenvalue weighted by atomic mass is 9.86. The summed E-state index contributed by atoms with van der Waals surface area (Å²) in [5.41, 5.74) is 0.922. The van der Waals surface area contributed by atoms with Gasteiger partial charge in [0, 0.05) is 5.56 Å². The molecule has 2 aromatic rings. The Labute approximate surface area is 141 Å². The fraction of sp³-hybridized carbons (Fsp3) is 0.118. The van der Waals surface area contributed by atoms with Gasteiger partial charge >= 0.3 is 5.97 Å². The van der Waals surface area contributed by atoms with Crippen LogP contribution in [0.4, 0.5) is 10.1 Å². The van der Waals surface area contributed by atoms with Gasteiger partial charge in [-0.05, 0) is 42.3 Å². The number of fused-ring (bicyclic) bond motifs is 1. The molecule has 1 amide bonds. The summed E-state index contributed by atoms with van der Waals surface area (Å²) in [5, 5.41) is 11.5. The molecule has 5 nitrogen and oxygen atoms in total. The predicted octanol–water partition coefficient (Wildman–Crippen LogP) is 3.17. The molecule has 0 spiro atoms. The standard InChI is InChI=1S/C17H11ClFNO4/c18-12-6-8(1-3-13(12)19)5-11-15(21)10-7-9(17(23)24)2-4-14(10)20-16(11)22/h1-4,6-7,11H,5H2,(H,20,22)(H,23,24). The summed E-state index contributed by atoms with van der Waals surface area (Å²) in [7, 11) is 0. The molecule has 1 unspecified atom stereocenters. The molecule has 1 atom stereocenters. The smallest absolute Gasteiger partial charge is 0.335 e. The van der Waals surface area contributed by atoms with Crippen molar-refractivity contribution < 1.29 is 23.9 Å². The van der Waals surface area contributed by atoms with Crippen LogP contribution in [0.3, 0.4) is 0 Å². The minimum atomic E-state index is -1.16. The molecule has 2 N–H and O–H groups in total. The summed E-state index contributed by atoms with van der Waals surface area (Å²) in [6.45, 7) is 0. The van der Waals surface area contributed by atoms with E-state index in [9.17, 15) is 18.8 Å². The number of nitrogens with one attached hydrogen (secondary N) is 1. The summed E-state index contributed by atoms with van der Waals surface area (Å²) >= 11 is 5.72. The number of hydrogen-bond acceptors (Lipinski definition) is 3. The number of carbonyl (C=O) groups is 3. The third-order valence-corrected chi connectivity index (χ3v) is 4.14. The van der Waals surface area contributed by atoms with E-state index in [1.807, 2.05) is 0 Å². The first-order valence-electron chi connectivity index (χ1n) is 7.03. The number of carbonyl (C=O) groups excluding carboxylic acids is 2. The van der Waals surface area contributed by atoms with Crippen molar-refractivity contribution in [3.63, 3.8) is 0 Å². The molecule has 2 aromatic carbocycles. The number of amides is 1. The Morgan fingerprint density at radius 3 is 2.62 bits per heavy atom. The zero-order chi connectivity index (χ0) is 17.4. The van der Waals surface area contributed by atoms with Crippen molar-refractivity contribution in [2.24, 2.45) is 5.92 Å². The zero-order valence-electron chi connectivity index (χ0n) is 12.2. The summed E-state index contributed by atoms with van der Waals surface area (Å²) < 4.78 is 13.2. The van der Waals surface area contributed by atoms with Gasteiger partial charge in [-0.3, -0.25) is 9.59 Å². The lowest BCUT2D eigenvalue weighted by Crippen LogP contribution is -2.36. The quantitative estimate of drug-likeness (QED) is 0.835. The number of aromatic carboxylic acids is 1. The molecule has 0 fully saturated rings. The van der Waals surface area contributed by atoms with Crippen LogP contribution >= 0.6 is 11.6 Å². The number of carboxylic acids is 1. The van der Waals surface area contributed by atoms with Gasteiger partial charge in [-0.2, -0.15) is 0 Å². The maximum Gasteiger partial charge on any atom is 0.335 e. The van der Waals surface area contributed by atoms with Crippen LogP contribution in [0.5, 0.6) is 0 Å². The summed E-state index contributed by atoms with van der Waals surface area (Å²) in [6, 6.07) is 7.92. The van der Waals surface area contributed by atoms with E-state index >= 15 is 0 Å². The predicted molar refractivity (Wildman–Crippen MR) is 85.0 cm³/mol. The number of anilines is 1. The molecule has 0 radical (unpaired) electrons. The second kappa shape index (κ2) is 6.05. The summed E-state index contributed by atoms with van der Waals surface area (Å²) in [5.74, 6) is -3.74. The minimum absolute atomic E-state index is 0.0400. The SMILES string of the molecule is O=C(O)c1ccc2c(c1)C(=O)C(Cc1ccc(F)c(Cl)c1)C(=O)N2. The molecule has 24 heavy (non-hydrogen) atoms. The van der Waals surface area contributed by atoms with E-state index in [-0.39, 0.29) is 28.3 Å². The Balaban J connectivity index is 1.94. The lowest BCUT2D eigenvalue weighted by Gasteiger charge is -2.23. The van der Waals surface area contributed by atoms with Gasteiger partial charge in [0.2, 0.25) is 5.91 Å². The Bertz CT molecular complexity index is 881. The van der Waals surface area contributed by atoms with Crippen molar-refractivity contribution in [3.05, 3.63) is 63.9 Å². The van der Waals surface area contributed by atoms with Crippen LogP contribution in [-0.4, -0.2) is 22.8 Å². The first-order valence-corrected chi connectivity index (χ1v) is 7.41. The third kappa shape index (κ3) is 2.88. The molecule has 122 valence electrons. The monoisotopic (exact) mass is 347 g/mol. The van der Waals surface area contributed by atoms with Gasteiger partial charge in [-0.25, -0.2) is 9.18 Å². The molecule has 1 aliphatic heterocycles. The molecular weight excluding hydrogens is 337 g/mol. The molecule has 0 bridgehead atoms. The van der Waals surface area contributed by atoms with Gasteiger partial charge in [0.05, 0.1) is 16.3 Å². The minimum Gasteiger partial charge on any atom is -0.478 e. The Hall–Kier alpha value is -2.73. The van der Waals surface area contributed by atoms with Gasteiger partial charge in [-0.15, -0.1) is 0 Å². The van der Waals surface area contributed by atoms with Crippen LogP contribution in [0.2, 0.25) is 5.02 Å². The molecule has 0 aliphatic carbocycles. The highest BCUT2D eigenvalue weighted by Crippen LogP contribution is 2.29. The van der Waals surface area contributed by atoms with Crippen LogP contribution in [-0.2, 0) is 11.2 Å². The average molecular weight is 348 g/mol. The number of carboxylic acid groups (broad SMARTS) is 1. The van der Waals surface area contributed by atoms with Crippen LogP contribution < -0.4 is 5.32 Å². The summed E-state index contributed by atoms with van der Waals surface area (Å²) in [4.78, 5) is 35.8. The first-order chi connectivity index (χ1) is 11.4. The summed E-state index contributed by atoms with van der Waals surface area (Å²) in [6.07, 6.45) is 0.0431. The van der Waals surface area contributed by atoms with E-state index in [2.05, 4.69) is 5.32 Å². The maximum absolute atomic E-state index is 13.2. The Morgan fingerprint density at radius 2 is 1.96 bits per heavy atom. The lowest BCUT2D eigenvalue weighted by molar-refractivity contribution is -0.118. The van der Waals surface area contributed by atoms with E-state index in [0.717, 1.165) is 0 Å². The van der Waals surface area contributed by atoms with E-state index in [1.165, 1.54) is 36.4 Å². The van der Waals surface area contributed by atoms with Crippen molar-refractivity contribution in [3.8, 4) is 0 Å². The van der Waals surface area contributed by atoms with Gasteiger partial charge in [0.15, 0.2) is 5.78 Å². The van der Waals surface area contributed by atoms with Gasteiger partial charge in [0.25, 0.3) is 0 Å². The Kier molecular flexibility index (Phi) is 4.07. The Morgan fingerprint density at radius 1 is 1.21 bits per heavy atom. The number of rotatable bonds is 3. The average Bonchev–Trinajstić information content (AvgIpc) is 2.54. The number of Topliss-reactive ketones (excluding diaryl/α,β-unsaturated/α-hetero) is 1. The molecule has 0 aromatic heterocycles. The normalized spacial score (nSPS) is 16.5. The van der Waals surface area contributed by atoms with Crippen molar-refractivity contribution in [2.45, 2.75) is 6.42 Å². The van der Waals surface area contributed by atoms with E-state index in [0.29, 0.717) is 5.56 Å². The van der Waals surface area contributed by atoms with Crippen LogP contribution in [0, 0.1) is 11.7 Å². The van der Waals surface area contributed by atoms with Gasteiger partial charge < -0.3 is 10.4 Å². The highest BCUT2D eigenvalue weighted by atomic mass is 35.5. The second-order valence-electron chi connectivity index (χ2n) is 5.42. The molecular formula is C17H11ClFNO4. The first kappa shape index (κ1) is 16.1. The van der Waals surface area contributed by atoms with Crippen LogP contribution in [0.1, 0.15) is 26.3 Å². The van der Waals surface area contributed by atoms with Crippen molar-refractivity contribution in [1.29, 1.82) is 0 Å². The van der Waals surface area contributed by atoms with E-state index in [4.69, 9.17) is 16.7 Å². The number of halogens is 2. The van der Waals surface area contributed by atoms with Crippen molar-refractivity contribution in [2.75, 3.05) is 5.32 Å². The molecule has 3 rings (SSSR count). The number of hydrogen-bond donors (Lipinski definition) is 2. The van der Waals surface area contributed by atoms with Crippen LogP contribution in [0.15, 0.2) is 36.4 Å². The highest BCUT2D eigenvalue weighted by Gasteiger charge is 2.34. The molecule has 1 aliphatic rings. The molecule has 1 heterocycles. The van der Waals surface area contributed by atoms with Gasteiger partial charge in [0.1, 0.15) is 11.7 Å². The maximum atomic E-state index is 13.2. The second-order valence-corrected chi connectivity index (χ2v) is 5.83.